The number of anilines is 1. The Kier molecular flexibility index (Phi) is 7.51. The third-order valence-corrected chi connectivity index (χ3v) is 5.15. The van der Waals surface area contributed by atoms with Crippen molar-refractivity contribution in [3.8, 4) is 5.75 Å². The van der Waals surface area contributed by atoms with Crippen molar-refractivity contribution in [2.24, 2.45) is 0 Å². The zero-order valence-corrected chi connectivity index (χ0v) is 17.3. The van der Waals surface area contributed by atoms with Crippen LogP contribution in [0.5, 0.6) is 5.75 Å². The minimum absolute atomic E-state index is 0.177. The maximum atomic E-state index is 12.4. The van der Waals surface area contributed by atoms with Gasteiger partial charge in [0.1, 0.15) is 18.9 Å². The molecule has 3 rings (SSSR count). The summed E-state index contributed by atoms with van der Waals surface area (Å²) in [6, 6.07) is 16.8. The second-order valence-electron chi connectivity index (χ2n) is 6.35. The Bertz CT molecular complexity index is 928. The molecule has 0 bridgehead atoms. The van der Waals surface area contributed by atoms with Crippen LogP contribution in [0.3, 0.4) is 0 Å². The fourth-order valence-electron chi connectivity index (χ4n) is 2.70. The van der Waals surface area contributed by atoms with E-state index in [1.807, 2.05) is 30.3 Å². The van der Waals surface area contributed by atoms with Crippen LogP contribution in [0, 0.1) is 0 Å². The molecule has 1 fully saturated rings. The van der Waals surface area contributed by atoms with Gasteiger partial charge in [-0.05, 0) is 36.8 Å². The standard InChI is InChI=1S/C22H22N2O5S/c1-2-28-22(27)12-21-24(20(26)15-30-21)13-19(25)23-17-8-10-18(11-9-17)29-14-16-6-4-3-5-7-16/h3-12H,2,13-15H2,1H3,(H,23,25)/b21-12-. The number of esters is 1. The van der Waals surface area contributed by atoms with E-state index in [9.17, 15) is 14.4 Å². The number of nitrogens with one attached hydrogen (secondary N) is 1. The quantitative estimate of drug-likeness (QED) is 0.516. The molecule has 0 saturated carbocycles. The van der Waals surface area contributed by atoms with Crippen molar-refractivity contribution < 1.29 is 23.9 Å². The summed E-state index contributed by atoms with van der Waals surface area (Å²) in [7, 11) is 0. The first-order valence-corrected chi connectivity index (χ1v) is 10.4. The van der Waals surface area contributed by atoms with Gasteiger partial charge >= 0.3 is 5.97 Å². The van der Waals surface area contributed by atoms with Gasteiger partial charge in [-0.2, -0.15) is 0 Å². The monoisotopic (exact) mass is 426 g/mol. The molecule has 1 N–H and O–H groups in total. The van der Waals surface area contributed by atoms with E-state index in [1.165, 1.54) is 22.7 Å². The number of ether oxygens (including phenoxy) is 2. The number of carbonyl (C=O) groups excluding carboxylic acids is 3. The Morgan fingerprint density at radius 3 is 2.57 bits per heavy atom. The van der Waals surface area contributed by atoms with Crippen molar-refractivity contribution in [2.45, 2.75) is 13.5 Å². The molecule has 2 amide bonds. The molecule has 1 aliphatic rings. The lowest BCUT2D eigenvalue weighted by Crippen LogP contribution is -2.34. The molecule has 7 nitrogen and oxygen atoms in total. The van der Waals surface area contributed by atoms with E-state index in [2.05, 4.69) is 5.32 Å². The van der Waals surface area contributed by atoms with E-state index in [-0.39, 0.29) is 30.7 Å². The third-order valence-electron chi connectivity index (χ3n) is 4.13. The van der Waals surface area contributed by atoms with Crippen LogP contribution < -0.4 is 10.1 Å². The topological polar surface area (TPSA) is 84.9 Å². The van der Waals surface area contributed by atoms with Crippen LogP contribution in [0.4, 0.5) is 5.69 Å². The Balaban J connectivity index is 1.53. The summed E-state index contributed by atoms with van der Waals surface area (Å²) in [6.07, 6.45) is 1.24. The first kappa shape index (κ1) is 21.4. The minimum atomic E-state index is -0.536. The lowest BCUT2D eigenvalue weighted by Gasteiger charge is -2.16. The summed E-state index contributed by atoms with van der Waals surface area (Å²) in [5.74, 6) is -0.255. The summed E-state index contributed by atoms with van der Waals surface area (Å²) in [5.41, 5.74) is 1.65. The van der Waals surface area contributed by atoms with Crippen molar-refractivity contribution in [3.05, 3.63) is 71.3 Å². The van der Waals surface area contributed by atoms with E-state index < -0.39 is 5.97 Å². The van der Waals surface area contributed by atoms with Crippen LogP contribution in [0.2, 0.25) is 0 Å². The normalized spacial score (nSPS) is 14.6. The lowest BCUT2D eigenvalue weighted by atomic mass is 10.2. The molecule has 0 aliphatic carbocycles. The summed E-state index contributed by atoms with van der Waals surface area (Å²) in [4.78, 5) is 37.4. The molecule has 8 heteroatoms. The summed E-state index contributed by atoms with van der Waals surface area (Å²) < 4.78 is 10.6. The van der Waals surface area contributed by atoms with Gasteiger partial charge in [-0.3, -0.25) is 14.5 Å². The Hall–Kier alpha value is -3.26. The number of benzene rings is 2. The predicted molar refractivity (Wildman–Crippen MR) is 115 cm³/mol. The van der Waals surface area contributed by atoms with Gasteiger partial charge in [0.2, 0.25) is 11.8 Å². The number of nitrogens with zero attached hydrogens (tertiary/aromatic N) is 1. The average molecular weight is 426 g/mol. The molecule has 0 unspecified atom stereocenters. The van der Waals surface area contributed by atoms with E-state index in [1.54, 1.807) is 31.2 Å². The molecule has 0 atom stereocenters. The van der Waals surface area contributed by atoms with Crippen molar-refractivity contribution in [3.63, 3.8) is 0 Å². The van der Waals surface area contributed by atoms with Gasteiger partial charge in [0, 0.05) is 5.69 Å². The second kappa shape index (κ2) is 10.5. The van der Waals surface area contributed by atoms with Gasteiger partial charge < -0.3 is 14.8 Å². The number of rotatable bonds is 8. The number of amides is 2. The third kappa shape index (κ3) is 6.12. The van der Waals surface area contributed by atoms with Crippen molar-refractivity contribution in [1.29, 1.82) is 0 Å². The highest BCUT2D eigenvalue weighted by Crippen LogP contribution is 2.28. The smallest absolute Gasteiger partial charge is 0.333 e. The maximum Gasteiger partial charge on any atom is 0.333 e. The van der Waals surface area contributed by atoms with Crippen LogP contribution in [0.15, 0.2) is 65.7 Å². The SMILES string of the molecule is CCOC(=O)/C=C1\SCC(=O)N1CC(=O)Nc1ccc(OCc2ccccc2)cc1. The van der Waals surface area contributed by atoms with Gasteiger partial charge in [-0.25, -0.2) is 4.79 Å². The van der Waals surface area contributed by atoms with Crippen LogP contribution in [-0.4, -0.2) is 41.6 Å². The van der Waals surface area contributed by atoms with Gasteiger partial charge in [0.05, 0.1) is 23.5 Å². The Morgan fingerprint density at radius 1 is 1.13 bits per heavy atom. The summed E-state index contributed by atoms with van der Waals surface area (Å²) >= 11 is 1.21. The Labute approximate surface area is 179 Å². The van der Waals surface area contributed by atoms with Crippen molar-refractivity contribution in [2.75, 3.05) is 24.2 Å². The average Bonchev–Trinajstić information content (AvgIpc) is 3.07. The number of thioether (sulfide) groups is 1. The molecule has 1 saturated heterocycles. The second-order valence-corrected chi connectivity index (χ2v) is 7.35. The molecule has 30 heavy (non-hydrogen) atoms. The molecule has 0 aromatic heterocycles. The molecule has 1 aliphatic heterocycles. The predicted octanol–water partition coefficient (Wildman–Crippen LogP) is 3.18. The molecule has 2 aromatic carbocycles. The highest BCUT2D eigenvalue weighted by Gasteiger charge is 2.29. The highest BCUT2D eigenvalue weighted by atomic mass is 32.2. The van der Waals surface area contributed by atoms with Crippen LogP contribution in [0.25, 0.3) is 0 Å². The molecular formula is C22H22N2O5S. The van der Waals surface area contributed by atoms with E-state index >= 15 is 0 Å². The van der Waals surface area contributed by atoms with Gasteiger partial charge in [-0.1, -0.05) is 42.1 Å². The van der Waals surface area contributed by atoms with E-state index in [4.69, 9.17) is 9.47 Å². The first-order chi connectivity index (χ1) is 14.5. The van der Waals surface area contributed by atoms with Gasteiger partial charge in [0.25, 0.3) is 0 Å². The summed E-state index contributed by atoms with van der Waals surface area (Å²) in [5, 5.41) is 3.16. The van der Waals surface area contributed by atoms with E-state index in [0.29, 0.717) is 23.1 Å². The Morgan fingerprint density at radius 2 is 1.87 bits per heavy atom. The fraction of sp³-hybridized carbons (Fsp3) is 0.227. The zero-order valence-electron chi connectivity index (χ0n) is 16.5. The fourth-order valence-corrected chi connectivity index (χ4v) is 3.63. The minimum Gasteiger partial charge on any atom is -0.489 e. The number of hydrogen-bond acceptors (Lipinski definition) is 6. The van der Waals surface area contributed by atoms with Gasteiger partial charge in [-0.15, -0.1) is 0 Å². The molecule has 0 spiro atoms. The van der Waals surface area contributed by atoms with E-state index in [0.717, 1.165) is 5.56 Å². The molecule has 0 radical (unpaired) electrons. The molecular weight excluding hydrogens is 404 g/mol. The lowest BCUT2D eigenvalue weighted by molar-refractivity contribution is -0.137. The van der Waals surface area contributed by atoms with Crippen LogP contribution in [-0.2, 0) is 25.7 Å². The van der Waals surface area contributed by atoms with Crippen molar-refractivity contribution in [1.82, 2.24) is 4.90 Å². The van der Waals surface area contributed by atoms with Crippen molar-refractivity contribution >= 4 is 35.2 Å². The highest BCUT2D eigenvalue weighted by molar-refractivity contribution is 8.04. The maximum absolute atomic E-state index is 12.4. The number of carbonyl (C=O) groups is 3. The molecule has 156 valence electrons. The van der Waals surface area contributed by atoms with Crippen LogP contribution in [0.1, 0.15) is 12.5 Å². The zero-order chi connectivity index (χ0) is 21.3. The first-order valence-electron chi connectivity index (χ1n) is 9.43. The van der Waals surface area contributed by atoms with Crippen LogP contribution >= 0.6 is 11.8 Å². The molecule has 2 aromatic rings. The largest absolute Gasteiger partial charge is 0.489 e. The molecule has 1 heterocycles. The van der Waals surface area contributed by atoms with Gasteiger partial charge in [0.15, 0.2) is 0 Å². The number of hydrogen-bond donors (Lipinski definition) is 1. The summed E-state index contributed by atoms with van der Waals surface area (Å²) in [6.45, 7) is 2.22.